The van der Waals surface area contributed by atoms with Gasteiger partial charge in [0.1, 0.15) is 5.82 Å². The van der Waals surface area contributed by atoms with E-state index in [1.165, 1.54) is 12.1 Å². The van der Waals surface area contributed by atoms with Crippen LogP contribution >= 0.6 is 11.6 Å². The number of aliphatic hydroxyl groups excluding tert-OH is 2. The standard InChI is InChI=1S/C16H16ClFO2/c17-14-7-4-8-15(18)13(14)9-16(10-19,11-20)12-5-2-1-3-6-12/h1-8,19-20H,9-11H2. The van der Waals surface area contributed by atoms with Gasteiger partial charge in [-0.05, 0) is 24.1 Å². The molecule has 0 aliphatic heterocycles. The lowest BCUT2D eigenvalue weighted by Crippen LogP contribution is -2.37. The SMILES string of the molecule is OCC(CO)(Cc1c(F)cccc1Cl)c1ccccc1. The molecule has 0 aliphatic rings. The van der Waals surface area contributed by atoms with Crippen LogP contribution in [0.2, 0.25) is 5.02 Å². The van der Waals surface area contributed by atoms with E-state index in [1.54, 1.807) is 18.2 Å². The van der Waals surface area contributed by atoms with Gasteiger partial charge in [0.15, 0.2) is 0 Å². The maximum atomic E-state index is 13.9. The summed E-state index contributed by atoms with van der Waals surface area (Å²) in [5.74, 6) is -0.431. The molecule has 0 bridgehead atoms. The molecule has 0 fully saturated rings. The maximum absolute atomic E-state index is 13.9. The summed E-state index contributed by atoms with van der Waals surface area (Å²) in [6.45, 7) is -0.587. The van der Waals surface area contributed by atoms with Crippen LogP contribution in [-0.2, 0) is 11.8 Å². The smallest absolute Gasteiger partial charge is 0.127 e. The van der Waals surface area contributed by atoms with Crippen LogP contribution in [0, 0.1) is 5.82 Å². The zero-order valence-corrected chi connectivity index (χ0v) is 11.6. The largest absolute Gasteiger partial charge is 0.395 e. The molecule has 0 aromatic heterocycles. The summed E-state index contributed by atoms with van der Waals surface area (Å²) in [5, 5.41) is 19.8. The van der Waals surface area contributed by atoms with Gasteiger partial charge in [-0.1, -0.05) is 48.0 Å². The van der Waals surface area contributed by atoms with Crippen LogP contribution in [-0.4, -0.2) is 23.4 Å². The van der Waals surface area contributed by atoms with Crippen molar-refractivity contribution in [3.63, 3.8) is 0 Å². The summed E-state index contributed by atoms with van der Waals surface area (Å²) >= 11 is 6.03. The van der Waals surface area contributed by atoms with Gasteiger partial charge in [-0.3, -0.25) is 0 Å². The summed E-state index contributed by atoms with van der Waals surface area (Å²) in [7, 11) is 0. The Balaban J connectivity index is 2.45. The molecular weight excluding hydrogens is 279 g/mol. The molecule has 0 amide bonds. The van der Waals surface area contributed by atoms with Crippen LogP contribution in [0.5, 0.6) is 0 Å². The molecule has 20 heavy (non-hydrogen) atoms. The van der Waals surface area contributed by atoms with Crippen LogP contribution in [0.15, 0.2) is 48.5 Å². The summed E-state index contributed by atoms with van der Waals surface area (Å²) in [6.07, 6.45) is 0.134. The van der Waals surface area contributed by atoms with Gasteiger partial charge in [-0.2, -0.15) is 0 Å². The van der Waals surface area contributed by atoms with Crippen molar-refractivity contribution in [1.29, 1.82) is 0 Å². The Labute approximate surface area is 122 Å². The first-order valence-electron chi connectivity index (χ1n) is 6.33. The molecule has 106 valence electrons. The minimum absolute atomic E-state index is 0.134. The van der Waals surface area contributed by atoms with Gasteiger partial charge in [-0.15, -0.1) is 0 Å². The molecule has 0 saturated heterocycles. The first-order chi connectivity index (χ1) is 9.63. The van der Waals surface area contributed by atoms with E-state index in [4.69, 9.17) is 11.6 Å². The lowest BCUT2D eigenvalue weighted by molar-refractivity contribution is 0.115. The fourth-order valence-corrected chi connectivity index (χ4v) is 2.51. The highest BCUT2D eigenvalue weighted by atomic mass is 35.5. The number of hydrogen-bond acceptors (Lipinski definition) is 2. The molecule has 0 unspecified atom stereocenters. The highest BCUT2D eigenvalue weighted by Gasteiger charge is 2.33. The van der Waals surface area contributed by atoms with Gasteiger partial charge in [0.25, 0.3) is 0 Å². The van der Waals surface area contributed by atoms with E-state index in [9.17, 15) is 14.6 Å². The van der Waals surface area contributed by atoms with E-state index < -0.39 is 11.2 Å². The summed E-state index contributed by atoms with van der Waals surface area (Å²) < 4.78 is 13.9. The number of hydrogen-bond donors (Lipinski definition) is 2. The lowest BCUT2D eigenvalue weighted by atomic mass is 9.76. The van der Waals surface area contributed by atoms with Gasteiger partial charge in [-0.25, -0.2) is 4.39 Å². The molecule has 2 nitrogen and oxygen atoms in total. The molecule has 0 aliphatic carbocycles. The minimum Gasteiger partial charge on any atom is -0.395 e. The molecular formula is C16H16ClFO2. The molecule has 0 radical (unpaired) electrons. The lowest BCUT2D eigenvalue weighted by Gasteiger charge is -2.31. The molecule has 2 rings (SSSR count). The van der Waals surface area contributed by atoms with Crippen LogP contribution in [0.25, 0.3) is 0 Å². The average molecular weight is 295 g/mol. The van der Waals surface area contributed by atoms with Crippen molar-refractivity contribution in [3.05, 3.63) is 70.5 Å². The fraction of sp³-hybridized carbons (Fsp3) is 0.250. The molecule has 2 aromatic rings. The van der Waals surface area contributed by atoms with Crippen LogP contribution in [0.3, 0.4) is 0 Å². The maximum Gasteiger partial charge on any atom is 0.127 e. The third-order valence-corrected chi connectivity index (χ3v) is 3.92. The Kier molecular flexibility index (Phi) is 4.76. The summed E-state index contributed by atoms with van der Waals surface area (Å²) in [5.41, 5.74) is 0.109. The number of halogens is 2. The van der Waals surface area contributed by atoms with Crippen LogP contribution < -0.4 is 0 Å². The highest BCUT2D eigenvalue weighted by molar-refractivity contribution is 6.31. The van der Waals surface area contributed by atoms with Crippen LogP contribution in [0.1, 0.15) is 11.1 Å². The van der Waals surface area contributed by atoms with Crippen molar-refractivity contribution in [1.82, 2.24) is 0 Å². The fourth-order valence-electron chi connectivity index (χ4n) is 2.28. The van der Waals surface area contributed by atoms with Crippen molar-refractivity contribution in [3.8, 4) is 0 Å². The topological polar surface area (TPSA) is 40.5 Å². The van der Waals surface area contributed by atoms with Crippen molar-refractivity contribution < 1.29 is 14.6 Å². The van der Waals surface area contributed by atoms with E-state index in [-0.39, 0.29) is 19.6 Å². The minimum atomic E-state index is -0.951. The Morgan fingerprint density at radius 3 is 2.15 bits per heavy atom. The van der Waals surface area contributed by atoms with Crippen molar-refractivity contribution in [2.75, 3.05) is 13.2 Å². The molecule has 0 atom stereocenters. The second kappa shape index (κ2) is 6.35. The van der Waals surface area contributed by atoms with Gasteiger partial charge in [0, 0.05) is 16.0 Å². The third-order valence-electron chi connectivity index (χ3n) is 3.57. The Morgan fingerprint density at radius 2 is 1.60 bits per heavy atom. The predicted molar refractivity (Wildman–Crippen MR) is 77.4 cm³/mol. The molecule has 2 N–H and O–H groups in total. The van der Waals surface area contributed by atoms with Crippen molar-refractivity contribution >= 4 is 11.6 Å². The number of rotatable bonds is 5. The van der Waals surface area contributed by atoms with Gasteiger partial charge in [0.05, 0.1) is 13.2 Å². The van der Waals surface area contributed by atoms with Gasteiger partial charge >= 0.3 is 0 Å². The predicted octanol–water partition coefficient (Wildman–Crippen LogP) is 2.94. The Bertz CT molecular complexity index is 548. The summed E-state index contributed by atoms with van der Waals surface area (Å²) in [6, 6.07) is 13.6. The molecule has 2 aromatic carbocycles. The summed E-state index contributed by atoms with van der Waals surface area (Å²) in [4.78, 5) is 0. The van der Waals surface area contributed by atoms with E-state index in [0.29, 0.717) is 10.6 Å². The number of benzene rings is 2. The zero-order chi connectivity index (χ0) is 14.6. The highest BCUT2D eigenvalue weighted by Crippen LogP contribution is 2.31. The Hall–Kier alpha value is -1.42. The number of aliphatic hydroxyl groups is 2. The first-order valence-corrected chi connectivity index (χ1v) is 6.71. The van der Waals surface area contributed by atoms with Crippen molar-refractivity contribution in [2.24, 2.45) is 0 Å². The van der Waals surface area contributed by atoms with Crippen molar-refractivity contribution in [2.45, 2.75) is 11.8 Å². The van der Waals surface area contributed by atoms with E-state index in [2.05, 4.69) is 0 Å². The zero-order valence-electron chi connectivity index (χ0n) is 10.9. The molecule has 4 heteroatoms. The first kappa shape index (κ1) is 15.0. The van der Waals surface area contributed by atoms with Gasteiger partial charge in [0.2, 0.25) is 0 Å². The van der Waals surface area contributed by atoms with Gasteiger partial charge < -0.3 is 10.2 Å². The Morgan fingerprint density at radius 1 is 0.950 bits per heavy atom. The van der Waals surface area contributed by atoms with E-state index in [1.807, 2.05) is 18.2 Å². The average Bonchev–Trinajstić information content (AvgIpc) is 2.49. The van der Waals surface area contributed by atoms with E-state index >= 15 is 0 Å². The molecule has 0 saturated carbocycles. The second-order valence-corrected chi connectivity index (χ2v) is 5.25. The normalized spacial score (nSPS) is 11.6. The van der Waals surface area contributed by atoms with Crippen LogP contribution in [0.4, 0.5) is 4.39 Å². The third kappa shape index (κ3) is 2.85. The van der Waals surface area contributed by atoms with E-state index in [0.717, 1.165) is 5.56 Å². The monoisotopic (exact) mass is 294 g/mol. The molecule has 0 heterocycles. The quantitative estimate of drug-likeness (QED) is 0.890. The molecule has 0 spiro atoms. The second-order valence-electron chi connectivity index (χ2n) is 4.84.